The molecule has 3 aliphatic heterocycles. The summed E-state index contributed by atoms with van der Waals surface area (Å²) in [4.78, 5) is 18.8. The van der Waals surface area contributed by atoms with Crippen molar-refractivity contribution in [1.29, 1.82) is 0 Å². The lowest BCUT2D eigenvalue weighted by molar-refractivity contribution is 0.108. The number of nitrogens with zero attached hydrogens (tertiary/aromatic N) is 5. The number of aromatic hydroxyl groups is 1. The number of nitrogens with one attached hydrogen (secondary N) is 1. The van der Waals surface area contributed by atoms with Crippen molar-refractivity contribution in [3.8, 4) is 23.0 Å². The van der Waals surface area contributed by atoms with E-state index >= 15 is 4.39 Å². The monoisotopic (exact) mass is 528 g/mol. The van der Waals surface area contributed by atoms with Crippen molar-refractivity contribution in [1.82, 2.24) is 25.2 Å². The number of pyridine rings is 1. The fraction of sp³-hybridized carbons (Fsp3) is 0.433. The van der Waals surface area contributed by atoms with E-state index in [9.17, 15) is 5.11 Å². The SMILES string of the molecule is Oc1cc(-c2ncc3c(N4CCCNCC4)nc(OCC45CCCN4CCC5)nc3c2F)c2ccccc2c1. The summed E-state index contributed by atoms with van der Waals surface area (Å²) in [6.45, 7) is 6.04. The van der Waals surface area contributed by atoms with Crippen LogP contribution in [0, 0.1) is 5.82 Å². The number of halogens is 1. The van der Waals surface area contributed by atoms with E-state index in [1.165, 1.54) is 12.8 Å². The van der Waals surface area contributed by atoms with E-state index in [1.807, 2.05) is 24.3 Å². The van der Waals surface area contributed by atoms with Gasteiger partial charge in [0.2, 0.25) is 0 Å². The largest absolute Gasteiger partial charge is 0.508 e. The number of fused-ring (bicyclic) bond motifs is 3. The van der Waals surface area contributed by atoms with Gasteiger partial charge in [0, 0.05) is 31.4 Å². The number of hydrogen-bond acceptors (Lipinski definition) is 8. The molecule has 0 bridgehead atoms. The van der Waals surface area contributed by atoms with Gasteiger partial charge in [-0.15, -0.1) is 0 Å². The Kier molecular flexibility index (Phi) is 6.20. The number of anilines is 1. The Morgan fingerprint density at radius 3 is 2.69 bits per heavy atom. The molecule has 39 heavy (non-hydrogen) atoms. The second-order valence-electron chi connectivity index (χ2n) is 11.0. The van der Waals surface area contributed by atoms with E-state index in [0.717, 1.165) is 69.3 Å². The van der Waals surface area contributed by atoms with Crippen molar-refractivity contribution in [3.05, 3.63) is 48.4 Å². The predicted molar refractivity (Wildman–Crippen MR) is 150 cm³/mol. The zero-order chi connectivity index (χ0) is 26.4. The summed E-state index contributed by atoms with van der Waals surface area (Å²) >= 11 is 0. The smallest absolute Gasteiger partial charge is 0.319 e. The van der Waals surface area contributed by atoms with E-state index in [-0.39, 0.29) is 28.5 Å². The molecule has 0 unspecified atom stereocenters. The maximum atomic E-state index is 16.4. The van der Waals surface area contributed by atoms with Crippen molar-refractivity contribution in [2.75, 3.05) is 50.8 Å². The highest BCUT2D eigenvalue weighted by Gasteiger charge is 2.45. The van der Waals surface area contributed by atoms with Crippen LogP contribution in [0.5, 0.6) is 11.8 Å². The third-order valence-electron chi connectivity index (χ3n) is 8.67. The Hall–Kier alpha value is -3.56. The molecule has 3 fully saturated rings. The molecule has 0 atom stereocenters. The number of phenols is 1. The summed E-state index contributed by atoms with van der Waals surface area (Å²) in [5.41, 5.74) is 0.905. The van der Waals surface area contributed by atoms with Crippen molar-refractivity contribution < 1.29 is 14.2 Å². The van der Waals surface area contributed by atoms with Crippen LogP contribution in [0.2, 0.25) is 0 Å². The molecule has 4 aromatic rings. The van der Waals surface area contributed by atoms with Gasteiger partial charge in [-0.2, -0.15) is 9.97 Å². The van der Waals surface area contributed by atoms with E-state index in [0.29, 0.717) is 23.4 Å². The molecule has 0 amide bonds. The summed E-state index contributed by atoms with van der Waals surface area (Å²) in [5, 5.41) is 16.0. The summed E-state index contributed by atoms with van der Waals surface area (Å²) in [7, 11) is 0. The van der Waals surface area contributed by atoms with Crippen LogP contribution in [-0.4, -0.2) is 76.4 Å². The predicted octanol–water partition coefficient (Wildman–Crippen LogP) is 4.50. The first kappa shape index (κ1) is 24.5. The standard InChI is InChI=1S/C30H33FN6O2/c31-25-26(23-17-21(38)16-20-6-1-2-7-22(20)23)33-18-24-27(25)34-29(35-28(24)36-12-5-10-32-11-15-36)39-19-30-8-3-13-37(30)14-4-9-30/h1-2,6-7,16-18,32,38H,3-5,8-15,19H2. The van der Waals surface area contributed by atoms with E-state index in [2.05, 4.69) is 25.1 Å². The maximum absolute atomic E-state index is 16.4. The highest BCUT2D eigenvalue weighted by molar-refractivity contribution is 5.99. The van der Waals surface area contributed by atoms with Gasteiger partial charge in [0.15, 0.2) is 5.82 Å². The molecule has 3 aliphatic rings. The van der Waals surface area contributed by atoms with Crippen LogP contribution in [0.1, 0.15) is 32.1 Å². The summed E-state index contributed by atoms with van der Waals surface area (Å²) in [6, 6.07) is 11.0. The Morgan fingerprint density at radius 1 is 0.974 bits per heavy atom. The van der Waals surface area contributed by atoms with Crippen LogP contribution >= 0.6 is 0 Å². The van der Waals surface area contributed by atoms with Gasteiger partial charge in [-0.05, 0) is 74.6 Å². The summed E-state index contributed by atoms with van der Waals surface area (Å²) < 4.78 is 22.8. The molecule has 7 rings (SSSR count). The van der Waals surface area contributed by atoms with Gasteiger partial charge in [0.05, 0.1) is 10.9 Å². The number of benzene rings is 2. The molecular weight excluding hydrogens is 495 g/mol. The zero-order valence-corrected chi connectivity index (χ0v) is 22.0. The molecule has 3 saturated heterocycles. The van der Waals surface area contributed by atoms with Gasteiger partial charge in [-0.25, -0.2) is 4.39 Å². The highest BCUT2D eigenvalue weighted by Crippen LogP contribution is 2.40. The lowest BCUT2D eigenvalue weighted by atomic mass is 9.95. The number of phenolic OH excluding ortho intramolecular Hbond substituents is 1. The first-order chi connectivity index (χ1) is 19.1. The third-order valence-corrected chi connectivity index (χ3v) is 8.67. The Bertz CT molecular complexity index is 1530. The molecule has 9 heteroatoms. The molecule has 0 spiro atoms. The highest BCUT2D eigenvalue weighted by atomic mass is 19.1. The van der Waals surface area contributed by atoms with Gasteiger partial charge in [0.25, 0.3) is 0 Å². The minimum absolute atomic E-state index is 0.0352. The van der Waals surface area contributed by atoms with Crippen LogP contribution in [0.3, 0.4) is 0 Å². The fourth-order valence-electron chi connectivity index (χ4n) is 6.72. The van der Waals surface area contributed by atoms with Crippen molar-refractivity contribution in [2.45, 2.75) is 37.6 Å². The quantitative estimate of drug-likeness (QED) is 0.392. The number of aromatic nitrogens is 3. The number of hydrogen-bond donors (Lipinski definition) is 2. The molecule has 0 saturated carbocycles. The first-order valence-electron chi connectivity index (χ1n) is 14.0. The van der Waals surface area contributed by atoms with Gasteiger partial charge in [-0.3, -0.25) is 9.88 Å². The van der Waals surface area contributed by atoms with E-state index < -0.39 is 5.82 Å². The molecule has 0 aliphatic carbocycles. The lowest BCUT2D eigenvalue weighted by Gasteiger charge is -2.31. The third kappa shape index (κ3) is 4.33. The Balaban J connectivity index is 1.35. The molecule has 8 nitrogen and oxygen atoms in total. The van der Waals surface area contributed by atoms with Gasteiger partial charge in [-0.1, -0.05) is 24.3 Å². The average Bonchev–Trinajstić information content (AvgIpc) is 3.41. The second-order valence-corrected chi connectivity index (χ2v) is 11.0. The van der Waals surface area contributed by atoms with Crippen LogP contribution < -0.4 is 15.0 Å². The molecule has 5 heterocycles. The van der Waals surface area contributed by atoms with Crippen LogP contribution in [0.4, 0.5) is 10.2 Å². The molecule has 2 aromatic carbocycles. The first-order valence-corrected chi connectivity index (χ1v) is 14.0. The minimum Gasteiger partial charge on any atom is -0.508 e. The van der Waals surface area contributed by atoms with E-state index in [4.69, 9.17) is 9.72 Å². The lowest BCUT2D eigenvalue weighted by Crippen LogP contribution is -2.43. The van der Waals surface area contributed by atoms with E-state index in [1.54, 1.807) is 18.3 Å². The zero-order valence-electron chi connectivity index (χ0n) is 22.0. The summed E-state index contributed by atoms with van der Waals surface area (Å²) in [5.74, 6) is 0.183. The van der Waals surface area contributed by atoms with Crippen molar-refractivity contribution in [3.63, 3.8) is 0 Å². The molecule has 2 N–H and O–H groups in total. The second kappa shape index (κ2) is 9.88. The normalized spacial score (nSPS) is 19.5. The van der Waals surface area contributed by atoms with Gasteiger partial charge < -0.3 is 20.1 Å². The average molecular weight is 529 g/mol. The van der Waals surface area contributed by atoms with Crippen LogP contribution in [0.25, 0.3) is 32.9 Å². The topological polar surface area (TPSA) is 86.6 Å². The van der Waals surface area contributed by atoms with Gasteiger partial charge >= 0.3 is 6.01 Å². The van der Waals surface area contributed by atoms with Gasteiger partial charge in [0.1, 0.15) is 29.4 Å². The molecule has 202 valence electrons. The fourth-order valence-corrected chi connectivity index (χ4v) is 6.72. The Labute approximate surface area is 226 Å². The van der Waals surface area contributed by atoms with Crippen LogP contribution in [0.15, 0.2) is 42.6 Å². The van der Waals surface area contributed by atoms with Crippen LogP contribution in [-0.2, 0) is 0 Å². The summed E-state index contributed by atoms with van der Waals surface area (Å²) in [6.07, 6.45) is 7.20. The Morgan fingerprint density at radius 2 is 1.82 bits per heavy atom. The maximum Gasteiger partial charge on any atom is 0.319 e. The molecular formula is C30H33FN6O2. The molecule has 2 aromatic heterocycles. The number of rotatable bonds is 5. The van der Waals surface area contributed by atoms with Crippen molar-refractivity contribution in [2.24, 2.45) is 0 Å². The van der Waals surface area contributed by atoms with Crippen molar-refractivity contribution >= 4 is 27.5 Å². The minimum atomic E-state index is -0.536. The number of ether oxygens (including phenoxy) is 1. The molecule has 0 radical (unpaired) electrons.